The van der Waals surface area contributed by atoms with Crippen molar-refractivity contribution in [2.75, 3.05) is 6.61 Å². The molecule has 4 rings (SSSR count). The minimum atomic E-state index is -0.265. The van der Waals surface area contributed by atoms with Gasteiger partial charge >= 0.3 is 5.97 Å². The van der Waals surface area contributed by atoms with Crippen LogP contribution in [0.5, 0.6) is 0 Å². The number of esters is 1. The molecule has 4 aromatic rings. The Kier molecular flexibility index (Phi) is 5.52. The molecular weight excluding hydrogens is 362 g/mol. The van der Waals surface area contributed by atoms with Crippen molar-refractivity contribution in [3.63, 3.8) is 0 Å². The van der Waals surface area contributed by atoms with Gasteiger partial charge in [-0.05, 0) is 13.0 Å². The minimum absolute atomic E-state index is 0.179. The zero-order valence-electron chi connectivity index (χ0n) is 16.2. The maximum Gasteiger partial charge on any atom is 0.310 e. The number of ether oxygens (including phenoxy) is 1. The van der Waals surface area contributed by atoms with Gasteiger partial charge in [0.05, 0.1) is 25.0 Å². The molecule has 0 fully saturated rings. The number of benzene rings is 3. The number of para-hydroxylation sites is 1. The van der Waals surface area contributed by atoms with Gasteiger partial charge in [-0.2, -0.15) is 0 Å². The van der Waals surface area contributed by atoms with Gasteiger partial charge in [0.2, 0.25) is 0 Å². The van der Waals surface area contributed by atoms with Gasteiger partial charge in [0.1, 0.15) is 5.69 Å². The third-order valence-corrected chi connectivity index (χ3v) is 4.63. The fourth-order valence-electron chi connectivity index (χ4n) is 3.30. The number of furan rings is 1. The fraction of sp³-hybridized carbons (Fsp3) is 0.120. The van der Waals surface area contributed by atoms with Crippen molar-refractivity contribution in [3.05, 3.63) is 102 Å². The Bertz CT molecular complexity index is 1100. The predicted molar refractivity (Wildman–Crippen MR) is 115 cm³/mol. The monoisotopic (exact) mass is 383 g/mol. The first kappa shape index (κ1) is 18.7. The van der Waals surface area contributed by atoms with Crippen molar-refractivity contribution < 1.29 is 13.9 Å². The molecule has 0 atom stereocenters. The molecule has 0 saturated heterocycles. The quantitative estimate of drug-likeness (QED) is 0.317. The fourth-order valence-corrected chi connectivity index (χ4v) is 3.30. The molecule has 4 heteroatoms. The first-order chi connectivity index (χ1) is 14.3. The molecule has 0 aliphatic carbocycles. The van der Waals surface area contributed by atoms with Crippen LogP contribution in [-0.2, 0) is 16.0 Å². The van der Waals surface area contributed by atoms with Crippen LogP contribution >= 0.6 is 0 Å². The van der Waals surface area contributed by atoms with Crippen molar-refractivity contribution in [1.29, 1.82) is 0 Å². The number of hydrogen-bond acceptors (Lipinski definition) is 4. The molecule has 0 aliphatic rings. The van der Waals surface area contributed by atoms with Crippen molar-refractivity contribution >= 4 is 28.3 Å². The Morgan fingerprint density at radius 1 is 0.897 bits per heavy atom. The highest BCUT2D eigenvalue weighted by molar-refractivity contribution is 6.14. The lowest BCUT2D eigenvalue weighted by atomic mass is 10.0. The van der Waals surface area contributed by atoms with Gasteiger partial charge in [0, 0.05) is 22.1 Å². The largest absolute Gasteiger partial charge is 0.466 e. The molecule has 0 saturated carbocycles. The highest BCUT2D eigenvalue weighted by atomic mass is 16.5. The lowest BCUT2D eigenvalue weighted by molar-refractivity contribution is -0.142. The molecule has 0 amide bonds. The molecule has 29 heavy (non-hydrogen) atoms. The summed E-state index contributed by atoms with van der Waals surface area (Å²) >= 11 is 0. The normalized spacial score (nSPS) is 10.7. The SMILES string of the molecule is CCOC(=O)Cc1coc2c(N=C(c3ccccc3)c3ccccc3)cccc12. The summed E-state index contributed by atoms with van der Waals surface area (Å²) in [4.78, 5) is 16.9. The van der Waals surface area contributed by atoms with E-state index in [9.17, 15) is 4.79 Å². The van der Waals surface area contributed by atoms with Crippen LogP contribution in [0.1, 0.15) is 23.6 Å². The number of carbonyl (C=O) groups is 1. The highest BCUT2D eigenvalue weighted by Gasteiger charge is 2.15. The summed E-state index contributed by atoms with van der Waals surface area (Å²) in [7, 11) is 0. The number of hydrogen-bond donors (Lipinski definition) is 0. The average Bonchev–Trinajstić information content (AvgIpc) is 3.17. The number of aliphatic imine (C=N–C) groups is 1. The van der Waals surface area contributed by atoms with Gasteiger partial charge in [-0.15, -0.1) is 0 Å². The van der Waals surface area contributed by atoms with E-state index in [0.717, 1.165) is 33.5 Å². The lowest BCUT2D eigenvalue weighted by Gasteiger charge is -2.08. The number of carbonyl (C=O) groups excluding carboxylic acids is 1. The molecule has 4 nitrogen and oxygen atoms in total. The molecule has 1 heterocycles. The van der Waals surface area contributed by atoms with Crippen molar-refractivity contribution in [1.82, 2.24) is 0 Å². The van der Waals surface area contributed by atoms with E-state index in [1.54, 1.807) is 13.2 Å². The van der Waals surface area contributed by atoms with E-state index >= 15 is 0 Å². The van der Waals surface area contributed by atoms with Gasteiger partial charge in [-0.1, -0.05) is 72.8 Å². The number of fused-ring (bicyclic) bond motifs is 1. The Morgan fingerprint density at radius 2 is 1.55 bits per heavy atom. The predicted octanol–water partition coefficient (Wildman–Crippen LogP) is 5.71. The maximum atomic E-state index is 11.9. The number of rotatable bonds is 6. The summed E-state index contributed by atoms with van der Waals surface area (Å²) in [6.45, 7) is 2.16. The summed E-state index contributed by atoms with van der Waals surface area (Å²) in [6.07, 6.45) is 1.80. The topological polar surface area (TPSA) is 51.8 Å². The van der Waals surface area contributed by atoms with E-state index < -0.39 is 0 Å². The summed E-state index contributed by atoms with van der Waals surface area (Å²) in [5.74, 6) is -0.265. The molecule has 0 radical (unpaired) electrons. The second-order valence-electron chi connectivity index (χ2n) is 6.59. The van der Waals surface area contributed by atoms with E-state index in [0.29, 0.717) is 12.2 Å². The molecule has 1 aromatic heterocycles. The second-order valence-corrected chi connectivity index (χ2v) is 6.59. The molecule has 0 N–H and O–H groups in total. The molecular formula is C25H21NO3. The van der Waals surface area contributed by atoms with E-state index in [2.05, 4.69) is 0 Å². The van der Waals surface area contributed by atoms with Crippen LogP contribution in [-0.4, -0.2) is 18.3 Å². The van der Waals surface area contributed by atoms with Gasteiger partial charge in [0.15, 0.2) is 5.58 Å². The van der Waals surface area contributed by atoms with Crippen LogP contribution in [0.2, 0.25) is 0 Å². The van der Waals surface area contributed by atoms with Crippen LogP contribution < -0.4 is 0 Å². The lowest BCUT2D eigenvalue weighted by Crippen LogP contribution is -2.06. The highest BCUT2D eigenvalue weighted by Crippen LogP contribution is 2.31. The molecule has 0 unspecified atom stereocenters. The van der Waals surface area contributed by atoms with Crippen LogP contribution in [0.4, 0.5) is 5.69 Å². The van der Waals surface area contributed by atoms with Gasteiger partial charge in [-0.25, -0.2) is 4.99 Å². The van der Waals surface area contributed by atoms with E-state index in [1.807, 2.05) is 78.9 Å². The Labute approximate surface area is 169 Å². The van der Waals surface area contributed by atoms with Gasteiger partial charge in [-0.3, -0.25) is 4.79 Å². The van der Waals surface area contributed by atoms with Gasteiger partial charge < -0.3 is 9.15 Å². The standard InChI is InChI=1S/C25H21NO3/c1-2-28-23(27)16-20-17-29-25-21(20)14-9-15-22(25)26-24(18-10-5-3-6-11-18)19-12-7-4-8-13-19/h3-15,17H,2,16H2,1H3. The zero-order valence-corrected chi connectivity index (χ0v) is 16.2. The van der Waals surface area contributed by atoms with Crippen LogP contribution in [0.25, 0.3) is 11.0 Å². The zero-order chi connectivity index (χ0) is 20.1. The maximum absolute atomic E-state index is 11.9. The van der Waals surface area contributed by atoms with Crippen LogP contribution in [0.3, 0.4) is 0 Å². The first-order valence-corrected chi connectivity index (χ1v) is 9.60. The van der Waals surface area contributed by atoms with Crippen molar-refractivity contribution in [3.8, 4) is 0 Å². The molecule has 0 bridgehead atoms. The summed E-state index contributed by atoms with van der Waals surface area (Å²) in [5, 5.41) is 0.875. The van der Waals surface area contributed by atoms with Gasteiger partial charge in [0.25, 0.3) is 0 Å². The first-order valence-electron chi connectivity index (χ1n) is 9.60. The molecule has 3 aromatic carbocycles. The molecule has 0 spiro atoms. The Balaban J connectivity index is 1.81. The van der Waals surface area contributed by atoms with Crippen LogP contribution in [0.15, 0.2) is 94.5 Å². The van der Waals surface area contributed by atoms with Crippen molar-refractivity contribution in [2.24, 2.45) is 4.99 Å². The molecule has 0 aliphatic heterocycles. The Hall–Kier alpha value is -3.66. The summed E-state index contributed by atoms with van der Waals surface area (Å²) < 4.78 is 10.9. The average molecular weight is 383 g/mol. The second kappa shape index (κ2) is 8.57. The van der Waals surface area contributed by atoms with E-state index in [1.165, 1.54) is 0 Å². The van der Waals surface area contributed by atoms with E-state index in [-0.39, 0.29) is 12.4 Å². The third-order valence-electron chi connectivity index (χ3n) is 4.63. The van der Waals surface area contributed by atoms with Crippen LogP contribution in [0, 0.1) is 0 Å². The smallest absolute Gasteiger partial charge is 0.310 e. The molecule has 144 valence electrons. The summed E-state index contributed by atoms with van der Waals surface area (Å²) in [6, 6.07) is 25.9. The van der Waals surface area contributed by atoms with Crippen molar-refractivity contribution in [2.45, 2.75) is 13.3 Å². The van der Waals surface area contributed by atoms with E-state index in [4.69, 9.17) is 14.1 Å². The number of nitrogens with zero attached hydrogens (tertiary/aromatic N) is 1. The third kappa shape index (κ3) is 4.11. The Morgan fingerprint density at radius 3 is 2.17 bits per heavy atom. The minimum Gasteiger partial charge on any atom is -0.466 e. The summed E-state index contributed by atoms with van der Waals surface area (Å²) in [5.41, 5.74) is 5.10.